The summed E-state index contributed by atoms with van der Waals surface area (Å²) in [5.41, 5.74) is 6.21. The summed E-state index contributed by atoms with van der Waals surface area (Å²) in [5, 5.41) is 16.3. The number of aliphatic hydroxyl groups is 1. The first-order valence-corrected chi connectivity index (χ1v) is 14.1. The van der Waals surface area contributed by atoms with Crippen molar-refractivity contribution in [2.75, 3.05) is 19.0 Å². The number of methoxy groups -OCH3 is 1. The van der Waals surface area contributed by atoms with Crippen molar-refractivity contribution in [3.63, 3.8) is 0 Å². The zero-order valence-corrected chi connectivity index (χ0v) is 23.1. The summed E-state index contributed by atoms with van der Waals surface area (Å²) in [6.45, 7) is 6.22. The van der Waals surface area contributed by atoms with Gasteiger partial charge in [0, 0.05) is 30.5 Å². The second-order valence-electron chi connectivity index (χ2n) is 9.97. The Morgan fingerprint density at radius 1 is 1.27 bits per heavy atom. The molecule has 1 aliphatic carbocycles. The summed E-state index contributed by atoms with van der Waals surface area (Å²) < 4.78 is 11.3. The first kappa shape index (κ1) is 25.8. The van der Waals surface area contributed by atoms with Crippen LogP contribution in [0.5, 0.6) is 0 Å². The molecular weight excluding hydrogens is 504 g/mol. The molecule has 1 aromatic carbocycles. The van der Waals surface area contributed by atoms with Crippen molar-refractivity contribution in [2.45, 2.75) is 55.9 Å². The number of nitrogens with one attached hydrogen (secondary N) is 2. The van der Waals surface area contributed by atoms with Crippen molar-refractivity contribution < 1.29 is 14.6 Å². The first-order chi connectivity index (χ1) is 17.8. The number of carbonyl (C=O) groups excluding carboxylic acids is 1. The average Bonchev–Trinajstić information content (AvgIpc) is 3.62. The van der Waals surface area contributed by atoms with Crippen molar-refractivity contribution in [2.24, 2.45) is 0 Å². The summed E-state index contributed by atoms with van der Waals surface area (Å²) >= 11 is 2.75. The fourth-order valence-electron chi connectivity index (χ4n) is 4.93. The molecule has 1 aliphatic rings. The highest BCUT2D eigenvalue weighted by molar-refractivity contribution is 7.99. The lowest BCUT2D eigenvalue weighted by Gasteiger charge is -2.18. The molecule has 5 rings (SSSR count). The Kier molecular flexibility index (Phi) is 7.31. The minimum Gasteiger partial charge on any atom is -0.386 e. The molecule has 0 spiro atoms. The lowest BCUT2D eigenvalue weighted by molar-refractivity contribution is 0.0789. The summed E-state index contributed by atoms with van der Waals surface area (Å²) in [7, 11) is 1.71. The fraction of sp³-hybridized carbons (Fsp3) is 0.357. The molecule has 0 saturated heterocycles. The number of hydrogen-bond donors (Lipinski definition) is 3. The van der Waals surface area contributed by atoms with Gasteiger partial charge in [-0.2, -0.15) is 0 Å². The van der Waals surface area contributed by atoms with Crippen molar-refractivity contribution >= 4 is 46.0 Å². The Morgan fingerprint density at radius 2 is 2.11 bits per heavy atom. The van der Waals surface area contributed by atoms with E-state index >= 15 is 0 Å². The van der Waals surface area contributed by atoms with Gasteiger partial charge in [0.1, 0.15) is 5.65 Å². The molecule has 194 valence electrons. The van der Waals surface area contributed by atoms with Gasteiger partial charge < -0.3 is 19.7 Å². The molecule has 0 radical (unpaired) electrons. The minimum atomic E-state index is -0.909. The molecule has 1 atom stereocenters. The standard InChI is InChI=1S/C28H32N4O3S2/c1-17(15-35-4)32-13-11-23-21(10-12-29-26(23)32)22-9-8-18-6-5-7-20(18)25(22)30-27(33)31-37-24-14-19(16-36-24)28(2,3)34/h8-14,16-17,34H,5-7,15H2,1-4H3,(H2,30,31,33). The van der Waals surface area contributed by atoms with Crippen LogP contribution >= 0.6 is 23.3 Å². The van der Waals surface area contributed by atoms with Gasteiger partial charge in [-0.15, -0.1) is 11.3 Å². The summed E-state index contributed by atoms with van der Waals surface area (Å²) in [6, 6.07) is 10.2. The number of fused-ring (bicyclic) bond motifs is 2. The molecule has 9 heteroatoms. The van der Waals surface area contributed by atoms with Crippen LogP contribution in [-0.4, -0.2) is 34.4 Å². The van der Waals surface area contributed by atoms with E-state index in [0.29, 0.717) is 6.61 Å². The molecule has 0 saturated carbocycles. The lowest BCUT2D eigenvalue weighted by Crippen LogP contribution is -2.23. The summed E-state index contributed by atoms with van der Waals surface area (Å²) in [6.07, 6.45) is 6.92. The number of nitrogens with zero attached hydrogens (tertiary/aromatic N) is 2. The number of urea groups is 1. The van der Waals surface area contributed by atoms with Crippen LogP contribution in [0.1, 0.15) is 49.9 Å². The number of carbonyl (C=O) groups is 1. The van der Waals surface area contributed by atoms with Crippen LogP contribution in [-0.2, 0) is 23.2 Å². The van der Waals surface area contributed by atoms with Gasteiger partial charge in [-0.1, -0.05) is 12.1 Å². The van der Waals surface area contributed by atoms with E-state index in [1.54, 1.807) is 21.0 Å². The Morgan fingerprint density at radius 3 is 2.86 bits per heavy atom. The predicted octanol–water partition coefficient (Wildman–Crippen LogP) is 6.52. The maximum atomic E-state index is 13.1. The van der Waals surface area contributed by atoms with Crippen LogP contribution in [0.25, 0.3) is 22.2 Å². The molecule has 4 aromatic rings. The van der Waals surface area contributed by atoms with E-state index in [4.69, 9.17) is 4.74 Å². The van der Waals surface area contributed by atoms with E-state index in [1.807, 2.05) is 23.7 Å². The Bertz CT molecular complexity index is 1440. The van der Waals surface area contributed by atoms with Gasteiger partial charge >= 0.3 is 6.03 Å². The quantitative estimate of drug-likeness (QED) is 0.223. The van der Waals surface area contributed by atoms with Crippen molar-refractivity contribution in [3.05, 3.63) is 64.8 Å². The van der Waals surface area contributed by atoms with Gasteiger partial charge in [-0.25, -0.2) is 9.78 Å². The van der Waals surface area contributed by atoms with Crippen LogP contribution in [0.15, 0.2) is 52.3 Å². The first-order valence-electron chi connectivity index (χ1n) is 12.4. The molecule has 0 aliphatic heterocycles. The number of thiophene rings is 1. The third-order valence-corrected chi connectivity index (χ3v) is 8.70. The van der Waals surface area contributed by atoms with Gasteiger partial charge in [-0.3, -0.25) is 4.72 Å². The molecule has 1 unspecified atom stereocenters. The number of hydrogen-bond acceptors (Lipinski definition) is 6. The smallest absolute Gasteiger partial charge is 0.329 e. The third kappa shape index (κ3) is 5.27. The second-order valence-corrected chi connectivity index (χ2v) is 12.0. The van der Waals surface area contributed by atoms with E-state index < -0.39 is 5.60 Å². The van der Waals surface area contributed by atoms with Crippen molar-refractivity contribution in [1.82, 2.24) is 14.3 Å². The topological polar surface area (TPSA) is 88.4 Å². The molecule has 2 amide bonds. The molecule has 3 N–H and O–H groups in total. The van der Waals surface area contributed by atoms with E-state index in [2.05, 4.69) is 50.9 Å². The second kappa shape index (κ2) is 10.5. The maximum Gasteiger partial charge on any atom is 0.329 e. The highest BCUT2D eigenvalue weighted by Gasteiger charge is 2.23. The zero-order valence-electron chi connectivity index (χ0n) is 21.5. The number of anilines is 1. The fourth-order valence-corrected chi connectivity index (χ4v) is 6.62. The van der Waals surface area contributed by atoms with Gasteiger partial charge in [0.15, 0.2) is 0 Å². The normalized spacial score (nSPS) is 14.1. The molecule has 0 fully saturated rings. The summed E-state index contributed by atoms with van der Waals surface area (Å²) in [4.78, 5) is 17.7. The molecule has 7 nitrogen and oxygen atoms in total. The number of aryl methyl sites for hydroxylation is 1. The highest BCUT2D eigenvalue weighted by Crippen LogP contribution is 2.40. The van der Waals surface area contributed by atoms with Crippen LogP contribution in [0, 0.1) is 0 Å². The van der Waals surface area contributed by atoms with Gasteiger partial charge in [0.2, 0.25) is 0 Å². The van der Waals surface area contributed by atoms with Crippen LogP contribution in [0.4, 0.5) is 10.5 Å². The highest BCUT2D eigenvalue weighted by atomic mass is 32.2. The Labute approximate surface area is 225 Å². The SMILES string of the molecule is COCC(C)n1ccc2c(-c3ccc4c(c3NC(=O)NSc3cc(C(C)(C)O)cs3)CCC4)ccnc21. The van der Waals surface area contributed by atoms with Gasteiger partial charge in [0.25, 0.3) is 0 Å². The zero-order chi connectivity index (χ0) is 26.2. The third-order valence-electron chi connectivity index (χ3n) is 6.84. The van der Waals surface area contributed by atoms with Crippen LogP contribution < -0.4 is 10.0 Å². The van der Waals surface area contributed by atoms with Gasteiger partial charge in [-0.05, 0) is 97.8 Å². The van der Waals surface area contributed by atoms with Crippen molar-refractivity contribution in [1.29, 1.82) is 0 Å². The Balaban J connectivity index is 1.45. The lowest BCUT2D eigenvalue weighted by atomic mass is 9.96. The largest absolute Gasteiger partial charge is 0.386 e. The number of pyridine rings is 1. The predicted molar refractivity (Wildman–Crippen MR) is 151 cm³/mol. The number of ether oxygens (including phenoxy) is 1. The van der Waals surface area contributed by atoms with Crippen LogP contribution in [0.2, 0.25) is 0 Å². The van der Waals surface area contributed by atoms with E-state index in [1.165, 1.54) is 34.4 Å². The molecular formula is C28H32N4O3S2. The van der Waals surface area contributed by atoms with Crippen LogP contribution in [0.3, 0.4) is 0 Å². The Hall–Kier alpha value is -2.85. The van der Waals surface area contributed by atoms with E-state index in [9.17, 15) is 9.90 Å². The van der Waals surface area contributed by atoms with E-state index in [-0.39, 0.29) is 12.1 Å². The van der Waals surface area contributed by atoms with Crippen molar-refractivity contribution in [3.8, 4) is 11.1 Å². The maximum absolute atomic E-state index is 13.1. The number of amides is 2. The summed E-state index contributed by atoms with van der Waals surface area (Å²) in [5.74, 6) is 0. The number of aromatic nitrogens is 2. The molecule has 3 aromatic heterocycles. The molecule has 0 bridgehead atoms. The van der Waals surface area contributed by atoms with E-state index in [0.717, 1.165) is 56.9 Å². The number of benzene rings is 1. The number of rotatable bonds is 8. The van der Waals surface area contributed by atoms with Gasteiger partial charge in [0.05, 0.1) is 28.1 Å². The molecule has 3 heterocycles. The monoisotopic (exact) mass is 536 g/mol. The minimum absolute atomic E-state index is 0.153. The average molecular weight is 537 g/mol. The molecule has 37 heavy (non-hydrogen) atoms.